The summed E-state index contributed by atoms with van der Waals surface area (Å²) in [7, 11) is 3.04. The van der Waals surface area contributed by atoms with E-state index in [2.05, 4.69) is 10.4 Å². The minimum Gasteiger partial charge on any atom is -0.493 e. The third kappa shape index (κ3) is 3.40. The van der Waals surface area contributed by atoms with E-state index in [9.17, 15) is 9.59 Å². The van der Waals surface area contributed by atoms with E-state index >= 15 is 0 Å². The van der Waals surface area contributed by atoms with Crippen LogP contribution in [0.4, 0.5) is 4.79 Å². The van der Waals surface area contributed by atoms with Crippen LogP contribution in [0.2, 0.25) is 0 Å². The van der Waals surface area contributed by atoms with E-state index in [4.69, 9.17) is 9.47 Å². The largest absolute Gasteiger partial charge is 0.493 e. The summed E-state index contributed by atoms with van der Waals surface area (Å²) < 4.78 is 10.7. The number of urea groups is 1. The Balaban J connectivity index is 1.77. The minimum absolute atomic E-state index is 0.457. The molecular weight excluding hydrogens is 394 g/mol. The zero-order valence-corrected chi connectivity index (χ0v) is 17.1. The van der Waals surface area contributed by atoms with Crippen molar-refractivity contribution in [1.29, 1.82) is 0 Å². The molecule has 156 valence electrons. The number of carbonyl (C=O) groups excluding carboxylic acids is 2. The molecule has 0 saturated carbocycles. The predicted octanol–water partition coefficient (Wildman–Crippen LogP) is 3.53. The van der Waals surface area contributed by atoms with Gasteiger partial charge in [0, 0.05) is 5.56 Å². The zero-order valence-electron chi connectivity index (χ0n) is 17.1. The van der Waals surface area contributed by atoms with Gasteiger partial charge >= 0.3 is 6.03 Å². The van der Waals surface area contributed by atoms with E-state index in [0.29, 0.717) is 28.2 Å². The van der Waals surface area contributed by atoms with Crippen LogP contribution in [0.5, 0.6) is 11.5 Å². The van der Waals surface area contributed by atoms with E-state index in [0.717, 1.165) is 5.01 Å². The van der Waals surface area contributed by atoms with Crippen molar-refractivity contribution in [3.8, 4) is 11.5 Å². The molecule has 4 rings (SSSR count). The van der Waals surface area contributed by atoms with Gasteiger partial charge in [0.1, 0.15) is 0 Å². The summed E-state index contributed by atoms with van der Waals surface area (Å²) in [6.07, 6.45) is 1.41. The van der Waals surface area contributed by atoms with Crippen molar-refractivity contribution in [2.75, 3.05) is 14.2 Å². The smallest absolute Gasteiger partial charge is 0.346 e. The Morgan fingerprint density at radius 3 is 2.00 bits per heavy atom. The molecule has 7 heteroatoms. The van der Waals surface area contributed by atoms with Crippen molar-refractivity contribution in [2.24, 2.45) is 5.10 Å². The third-order valence-electron chi connectivity index (χ3n) is 5.16. The number of nitrogens with zero attached hydrogens (tertiary/aromatic N) is 2. The maximum atomic E-state index is 13.6. The van der Waals surface area contributed by atoms with Gasteiger partial charge in [0.2, 0.25) is 0 Å². The van der Waals surface area contributed by atoms with Crippen LogP contribution >= 0.6 is 0 Å². The predicted molar refractivity (Wildman–Crippen MR) is 116 cm³/mol. The Hall–Kier alpha value is -4.13. The number of carbonyl (C=O) groups is 2. The number of amides is 3. The standard InChI is InChI=1S/C24H21N3O4/c1-30-20-15-9-10-17(21(20)31-2)16-25-27-22(28)24(26-23(27)29,18-11-5-3-6-12-18)19-13-7-4-8-14-19/h3-16H,1-2H3,(H,26,29)/b25-16-. The Labute approximate surface area is 179 Å². The minimum atomic E-state index is -1.37. The first-order chi connectivity index (χ1) is 15.1. The Morgan fingerprint density at radius 2 is 1.45 bits per heavy atom. The Morgan fingerprint density at radius 1 is 0.839 bits per heavy atom. The number of hydrogen-bond acceptors (Lipinski definition) is 5. The highest BCUT2D eigenvalue weighted by molar-refractivity contribution is 6.10. The fourth-order valence-corrected chi connectivity index (χ4v) is 3.69. The van der Waals surface area contributed by atoms with Crippen molar-refractivity contribution in [1.82, 2.24) is 10.3 Å². The molecule has 1 saturated heterocycles. The summed E-state index contributed by atoms with van der Waals surface area (Å²) in [6.45, 7) is 0. The van der Waals surface area contributed by atoms with E-state index in [1.54, 1.807) is 18.2 Å². The van der Waals surface area contributed by atoms with Gasteiger partial charge in [-0.15, -0.1) is 5.01 Å². The summed E-state index contributed by atoms with van der Waals surface area (Å²) in [5.74, 6) is 0.484. The molecule has 3 aromatic carbocycles. The molecule has 0 radical (unpaired) electrons. The Kier molecular flexibility index (Phi) is 5.41. The number of rotatable bonds is 6. The van der Waals surface area contributed by atoms with E-state index in [1.165, 1.54) is 20.4 Å². The number of methoxy groups -OCH3 is 2. The first-order valence-electron chi connectivity index (χ1n) is 9.64. The van der Waals surface area contributed by atoms with Crippen LogP contribution in [-0.4, -0.2) is 37.4 Å². The third-order valence-corrected chi connectivity index (χ3v) is 5.16. The van der Waals surface area contributed by atoms with E-state index in [-0.39, 0.29) is 0 Å². The summed E-state index contributed by atoms with van der Waals surface area (Å²) >= 11 is 0. The summed E-state index contributed by atoms with van der Waals surface area (Å²) in [5, 5.41) is 7.90. The molecule has 1 heterocycles. The number of benzene rings is 3. The van der Waals surface area contributed by atoms with E-state index < -0.39 is 17.5 Å². The maximum absolute atomic E-state index is 13.6. The first kappa shape index (κ1) is 20.2. The van der Waals surface area contributed by atoms with Crippen LogP contribution in [0, 0.1) is 0 Å². The molecule has 7 nitrogen and oxygen atoms in total. The molecule has 0 aromatic heterocycles. The number of nitrogens with one attached hydrogen (secondary N) is 1. The lowest BCUT2D eigenvalue weighted by atomic mass is 9.83. The van der Waals surface area contributed by atoms with Gasteiger partial charge < -0.3 is 14.8 Å². The second kappa shape index (κ2) is 8.31. The highest BCUT2D eigenvalue weighted by Crippen LogP contribution is 2.36. The van der Waals surface area contributed by atoms with Crippen molar-refractivity contribution in [3.63, 3.8) is 0 Å². The van der Waals surface area contributed by atoms with Crippen molar-refractivity contribution < 1.29 is 19.1 Å². The molecule has 0 atom stereocenters. The molecule has 0 bridgehead atoms. The fraction of sp³-hybridized carbons (Fsp3) is 0.125. The second-order valence-electron chi connectivity index (χ2n) is 6.86. The maximum Gasteiger partial charge on any atom is 0.346 e. The molecule has 1 aliphatic heterocycles. The topological polar surface area (TPSA) is 80.2 Å². The van der Waals surface area contributed by atoms with Crippen molar-refractivity contribution in [2.45, 2.75) is 5.54 Å². The van der Waals surface area contributed by atoms with Gasteiger partial charge in [-0.1, -0.05) is 66.7 Å². The molecule has 31 heavy (non-hydrogen) atoms. The van der Waals surface area contributed by atoms with Crippen LogP contribution in [-0.2, 0) is 10.3 Å². The molecular formula is C24H21N3O4. The normalized spacial score (nSPS) is 15.2. The second-order valence-corrected chi connectivity index (χ2v) is 6.86. The Bertz CT molecular complexity index is 1090. The molecule has 1 fully saturated rings. The van der Waals surface area contributed by atoms with Gasteiger partial charge in [-0.2, -0.15) is 5.10 Å². The SMILES string of the molecule is COc1cccc(/C=N\N2C(=O)NC(c3ccccc3)(c3ccccc3)C2=O)c1OC. The average Bonchev–Trinajstić information content (AvgIpc) is 3.08. The highest BCUT2D eigenvalue weighted by Gasteiger charge is 2.54. The van der Waals surface area contributed by atoms with Gasteiger partial charge in [0.25, 0.3) is 5.91 Å². The monoisotopic (exact) mass is 415 g/mol. The highest BCUT2D eigenvalue weighted by atomic mass is 16.5. The molecule has 0 spiro atoms. The number of hydrogen-bond donors (Lipinski definition) is 1. The quantitative estimate of drug-likeness (QED) is 0.493. The molecule has 1 N–H and O–H groups in total. The molecule has 1 aliphatic rings. The van der Waals surface area contributed by atoms with Gasteiger partial charge in [0.15, 0.2) is 17.0 Å². The van der Waals surface area contributed by atoms with E-state index in [1.807, 2.05) is 60.7 Å². The van der Waals surface area contributed by atoms with Gasteiger partial charge in [-0.05, 0) is 23.3 Å². The van der Waals surface area contributed by atoms with Crippen molar-refractivity contribution in [3.05, 3.63) is 95.6 Å². The number of para-hydroxylation sites is 1. The molecule has 3 amide bonds. The fourth-order valence-electron chi connectivity index (χ4n) is 3.69. The summed E-state index contributed by atoms with van der Waals surface area (Å²) in [6, 6.07) is 22.9. The lowest BCUT2D eigenvalue weighted by molar-refractivity contribution is -0.130. The van der Waals surface area contributed by atoms with Crippen LogP contribution in [0.1, 0.15) is 16.7 Å². The number of imide groups is 1. The van der Waals surface area contributed by atoms with Crippen LogP contribution in [0.3, 0.4) is 0 Å². The first-order valence-corrected chi connectivity index (χ1v) is 9.64. The van der Waals surface area contributed by atoms with Gasteiger partial charge in [-0.3, -0.25) is 4.79 Å². The molecule has 0 aliphatic carbocycles. The van der Waals surface area contributed by atoms with Crippen LogP contribution in [0.15, 0.2) is 84.0 Å². The van der Waals surface area contributed by atoms with Crippen molar-refractivity contribution >= 4 is 18.2 Å². The van der Waals surface area contributed by atoms with Crippen LogP contribution in [0.25, 0.3) is 0 Å². The zero-order chi connectivity index (χ0) is 21.8. The summed E-state index contributed by atoms with van der Waals surface area (Å²) in [4.78, 5) is 26.5. The van der Waals surface area contributed by atoms with Crippen LogP contribution < -0.4 is 14.8 Å². The molecule has 3 aromatic rings. The lowest BCUT2D eigenvalue weighted by Crippen LogP contribution is -2.44. The summed E-state index contributed by atoms with van der Waals surface area (Å²) in [5.41, 5.74) is 0.502. The lowest BCUT2D eigenvalue weighted by Gasteiger charge is -2.27. The van der Waals surface area contributed by atoms with Gasteiger partial charge in [-0.25, -0.2) is 4.79 Å². The van der Waals surface area contributed by atoms with Gasteiger partial charge in [0.05, 0.1) is 20.4 Å². The number of ether oxygens (including phenoxy) is 2. The average molecular weight is 415 g/mol. The molecule has 0 unspecified atom stereocenters. The number of hydrazone groups is 1.